The number of rotatable bonds is 31. The van der Waals surface area contributed by atoms with E-state index in [4.69, 9.17) is 5.11 Å². The number of anilines is 1. The Balaban J connectivity index is 0.000000265. The van der Waals surface area contributed by atoms with Crippen molar-refractivity contribution in [2.75, 3.05) is 12.0 Å². The number of aliphatic carboxylic acids is 1. The van der Waals surface area contributed by atoms with Crippen LogP contribution in [0.3, 0.4) is 0 Å². The van der Waals surface area contributed by atoms with Crippen LogP contribution < -0.4 is 16.2 Å². The number of aromatic nitrogens is 2. The molecule has 2 aromatic rings. The first-order valence-electron chi connectivity index (χ1n) is 24.1. The largest absolute Gasteiger partial charge is 0.481 e. The van der Waals surface area contributed by atoms with Gasteiger partial charge in [0.2, 0.25) is 0 Å². The molecule has 0 radical (unpaired) electrons. The van der Waals surface area contributed by atoms with Gasteiger partial charge in [-0.15, -0.1) is 0 Å². The molecule has 0 spiro atoms. The minimum Gasteiger partial charge on any atom is -0.481 e. The van der Waals surface area contributed by atoms with Crippen LogP contribution in [0.5, 0.6) is 0 Å². The van der Waals surface area contributed by atoms with Crippen LogP contribution in [0.15, 0.2) is 36.5 Å². The third kappa shape index (κ3) is 20.4. The van der Waals surface area contributed by atoms with Crippen LogP contribution in [0.2, 0.25) is 0 Å². The molecular weight excluding hydrogens is 767 g/mol. The Bertz CT molecular complexity index is 1460. The lowest BCUT2D eigenvalue weighted by molar-refractivity contribution is -0.137. The first-order valence-corrected chi connectivity index (χ1v) is 24.1. The van der Waals surface area contributed by atoms with Crippen molar-refractivity contribution in [2.45, 2.75) is 223 Å². The number of unbranched alkanes of at least 4 members (excludes halogenated alkanes) is 18. The molecule has 1 heterocycles. The highest BCUT2D eigenvalue weighted by molar-refractivity contribution is 5.66. The number of carboxylic acids is 1. The molecule has 4 N–H and O–H groups in total. The summed E-state index contributed by atoms with van der Waals surface area (Å²) in [5.74, 6) is 1.68. The van der Waals surface area contributed by atoms with Gasteiger partial charge in [0.15, 0.2) is 0 Å². The van der Waals surface area contributed by atoms with E-state index in [2.05, 4.69) is 33.1 Å². The van der Waals surface area contributed by atoms with Crippen molar-refractivity contribution in [2.24, 2.45) is 11.8 Å². The fourth-order valence-corrected chi connectivity index (χ4v) is 10.5. The number of hydrogen-bond acceptors (Lipinski definition) is 6. The molecule has 4 saturated carbocycles. The second-order valence-electron chi connectivity index (χ2n) is 18.8. The maximum Gasteiger partial charge on any atom is 0.389 e. The van der Waals surface area contributed by atoms with Gasteiger partial charge in [-0.1, -0.05) is 116 Å². The van der Waals surface area contributed by atoms with Crippen LogP contribution in [0.25, 0.3) is 0 Å². The second kappa shape index (κ2) is 27.3. The lowest BCUT2D eigenvalue weighted by atomic mass is 9.50. The van der Waals surface area contributed by atoms with Gasteiger partial charge in [-0.3, -0.25) is 4.79 Å². The number of hydrazine groups is 1. The van der Waals surface area contributed by atoms with Gasteiger partial charge in [0.05, 0.1) is 5.69 Å². The number of aryl methyl sites for hydroxylation is 2. The Morgan fingerprint density at radius 3 is 1.97 bits per heavy atom. The Hall–Kier alpha value is -2.79. The van der Waals surface area contributed by atoms with Gasteiger partial charge >= 0.3 is 12.1 Å². The predicted octanol–water partition coefficient (Wildman–Crippen LogP) is 13.6. The minimum atomic E-state index is -4.01. The SMILES string of the molecule is CCCCCCCCCNC12CC3CC(C1)CC(NNc1cccc(F)c1)(C3)C2.O=C(O)CCCCCCCCCc1nccc(CCCCCCCCCC(F)(F)F)n1. The number of benzene rings is 1. The number of alkyl halides is 3. The van der Waals surface area contributed by atoms with Crippen molar-refractivity contribution >= 4 is 11.7 Å². The third-order valence-electron chi connectivity index (χ3n) is 13.1. The Morgan fingerprint density at radius 1 is 0.750 bits per heavy atom. The molecule has 2 unspecified atom stereocenters. The van der Waals surface area contributed by atoms with Gasteiger partial charge in [-0.05, 0) is 120 Å². The monoisotopic (exact) mass is 846 g/mol. The van der Waals surface area contributed by atoms with E-state index in [-0.39, 0.29) is 24.2 Å². The summed E-state index contributed by atoms with van der Waals surface area (Å²) in [5.41, 5.74) is 9.39. The summed E-state index contributed by atoms with van der Waals surface area (Å²) in [5, 5.41) is 12.6. The van der Waals surface area contributed by atoms with E-state index in [9.17, 15) is 22.4 Å². The van der Waals surface area contributed by atoms with Crippen molar-refractivity contribution in [3.8, 4) is 0 Å². The van der Waals surface area contributed by atoms with Crippen LogP contribution in [0.4, 0.5) is 23.2 Å². The average Bonchev–Trinajstić information content (AvgIpc) is 3.19. The zero-order valence-electron chi connectivity index (χ0n) is 37.0. The first kappa shape index (κ1) is 49.9. The zero-order chi connectivity index (χ0) is 42.9. The van der Waals surface area contributed by atoms with E-state index < -0.39 is 18.6 Å². The lowest BCUT2D eigenvalue weighted by Gasteiger charge is -2.62. The van der Waals surface area contributed by atoms with Gasteiger partial charge in [-0.2, -0.15) is 13.2 Å². The van der Waals surface area contributed by atoms with Gasteiger partial charge in [0, 0.05) is 42.2 Å². The van der Waals surface area contributed by atoms with Crippen LogP contribution in [-0.2, 0) is 17.6 Å². The number of halogens is 4. The van der Waals surface area contributed by atoms with Crippen LogP contribution in [0, 0.1) is 17.7 Å². The molecule has 4 bridgehead atoms. The topological polar surface area (TPSA) is 99.2 Å². The molecule has 11 heteroatoms. The van der Waals surface area contributed by atoms with Gasteiger partial charge < -0.3 is 15.8 Å². The first-order chi connectivity index (χ1) is 29.0. The maximum atomic E-state index is 13.5. The van der Waals surface area contributed by atoms with Crippen molar-refractivity contribution in [1.82, 2.24) is 20.7 Å². The van der Waals surface area contributed by atoms with Crippen molar-refractivity contribution < 1.29 is 27.5 Å². The standard InChI is InChI=1S/C25H40FN3.C24H39F3N2O2/c1-2-3-4-5-6-7-8-12-27-24-15-20-13-21(16-24)18-25(17-20,19-24)29-28-23-11-9-10-22(26)14-23;25-24(26,27)19-14-10-6-2-3-7-11-15-21-18-20-28-22(29-21)16-12-8-4-1-5-9-13-17-23(30)31/h9-11,14,20-21,27-29H,2-8,12-13,15-19H2,1H3;18,20H,1-17,19H2,(H,30,31). The van der Waals surface area contributed by atoms with E-state index in [0.717, 1.165) is 113 Å². The molecule has 0 aliphatic heterocycles. The fraction of sp³-hybridized carbons (Fsp3) is 0.776. The summed E-state index contributed by atoms with van der Waals surface area (Å²) < 4.78 is 49.7. The number of hydrogen-bond donors (Lipinski definition) is 4. The highest BCUT2D eigenvalue weighted by atomic mass is 19.4. The number of nitrogens with one attached hydrogen (secondary N) is 3. The molecule has 4 aliphatic rings. The van der Waals surface area contributed by atoms with E-state index in [1.165, 1.54) is 103 Å². The molecule has 1 aromatic heterocycles. The zero-order valence-corrected chi connectivity index (χ0v) is 37.0. The summed E-state index contributed by atoms with van der Waals surface area (Å²) in [7, 11) is 0. The average molecular weight is 846 g/mol. The number of nitrogens with zero attached hydrogens (tertiary/aromatic N) is 2. The number of carboxylic acid groups (broad SMARTS) is 1. The minimum absolute atomic E-state index is 0.156. The summed E-state index contributed by atoms with van der Waals surface area (Å²) in [6.07, 6.45) is 30.1. The van der Waals surface area contributed by atoms with Crippen molar-refractivity contribution in [3.63, 3.8) is 0 Å². The van der Waals surface area contributed by atoms with Gasteiger partial charge in [-0.25, -0.2) is 19.8 Å². The van der Waals surface area contributed by atoms with Crippen LogP contribution in [-0.4, -0.2) is 44.8 Å². The van der Waals surface area contributed by atoms with Gasteiger partial charge in [0.25, 0.3) is 0 Å². The summed E-state index contributed by atoms with van der Waals surface area (Å²) in [4.78, 5) is 19.5. The van der Waals surface area contributed by atoms with Crippen LogP contribution in [0.1, 0.15) is 205 Å². The molecule has 0 saturated heterocycles. The molecular formula is C49H79F4N5O2. The lowest BCUT2D eigenvalue weighted by Crippen LogP contribution is -2.69. The molecule has 7 nitrogen and oxygen atoms in total. The molecule has 2 atom stereocenters. The Labute approximate surface area is 359 Å². The van der Waals surface area contributed by atoms with E-state index >= 15 is 0 Å². The van der Waals surface area contributed by atoms with Crippen molar-refractivity contribution in [1.29, 1.82) is 0 Å². The molecule has 1 aromatic carbocycles. The molecule has 340 valence electrons. The highest BCUT2D eigenvalue weighted by Crippen LogP contribution is 2.57. The predicted molar refractivity (Wildman–Crippen MR) is 236 cm³/mol. The molecule has 6 rings (SSSR count). The van der Waals surface area contributed by atoms with Crippen LogP contribution >= 0.6 is 0 Å². The molecule has 4 aliphatic carbocycles. The fourth-order valence-electron chi connectivity index (χ4n) is 10.5. The summed E-state index contributed by atoms with van der Waals surface area (Å²) >= 11 is 0. The summed E-state index contributed by atoms with van der Waals surface area (Å²) in [6, 6.07) is 8.74. The summed E-state index contributed by atoms with van der Waals surface area (Å²) in [6.45, 7) is 3.45. The third-order valence-corrected chi connectivity index (χ3v) is 13.1. The normalized spacial score (nSPS) is 21.8. The van der Waals surface area contributed by atoms with E-state index in [0.29, 0.717) is 12.0 Å². The number of carbonyl (C=O) groups is 1. The Morgan fingerprint density at radius 2 is 1.33 bits per heavy atom. The van der Waals surface area contributed by atoms with E-state index in [1.54, 1.807) is 12.1 Å². The highest BCUT2D eigenvalue weighted by Gasteiger charge is 2.57. The van der Waals surface area contributed by atoms with Crippen molar-refractivity contribution in [3.05, 3.63) is 53.9 Å². The van der Waals surface area contributed by atoms with E-state index in [1.807, 2.05) is 18.3 Å². The molecule has 60 heavy (non-hydrogen) atoms. The second-order valence-corrected chi connectivity index (χ2v) is 18.8. The molecule has 4 fully saturated rings. The van der Waals surface area contributed by atoms with Gasteiger partial charge in [0.1, 0.15) is 11.6 Å². The quantitative estimate of drug-likeness (QED) is 0.0341. The smallest absolute Gasteiger partial charge is 0.389 e. The Kier molecular flexibility index (Phi) is 22.7. The maximum absolute atomic E-state index is 13.5. The molecule has 0 amide bonds.